The first-order valence-electron chi connectivity index (χ1n) is 7.91. The van der Waals surface area contributed by atoms with Crippen LogP contribution in [0.3, 0.4) is 0 Å². The maximum atomic E-state index is 12.1. The molecule has 1 N–H and O–H groups in total. The van der Waals surface area contributed by atoms with E-state index in [-0.39, 0.29) is 17.6 Å². The highest BCUT2D eigenvalue weighted by molar-refractivity contribution is 5.94. The Hall–Kier alpha value is -2.70. The Morgan fingerprint density at radius 3 is 2.46 bits per heavy atom. The summed E-state index contributed by atoms with van der Waals surface area (Å²) in [7, 11) is 0. The maximum absolute atomic E-state index is 12.1. The number of hydrogen-bond donors (Lipinski definition) is 1. The average Bonchev–Trinajstić information content (AvgIpc) is 2.81. The van der Waals surface area contributed by atoms with Gasteiger partial charge in [-0.3, -0.25) is 19.6 Å². The Kier molecular flexibility index (Phi) is 5.33. The predicted octanol–water partition coefficient (Wildman–Crippen LogP) is 2.98. The third kappa shape index (κ3) is 3.79. The van der Waals surface area contributed by atoms with Crippen molar-refractivity contribution >= 4 is 11.6 Å². The minimum absolute atomic E-state index is 0.0551. The fraction of sp³-hybridized carbons (Fsp3) is 0.412. The van der Waals surface area contributed by atoms with Gasteiger partial charge in [0.15, 0.2) is 0 Å². The molecule has 0 aliphatic rings. The molecule has 128 valence electrons. The summed E-state index contributed by atoms with van der Waals surface area (Å²) in [5.41, 5.74) is 2.51. The van der Waals surface area contributed by atoms with E-state index in [2.05, 4.69) is 10.4 Å². The van der Waals surface area contributed by atoms with Crippen molar-refractivity contribution in [2.24, 2.45) is 0 Å². The summed E-state index contributed by atoms with van der Waals surface area (Å²) in [6.07, 6.45) is 0.876. The van der Waals surface area contributed by atoms with Crippen molar-refractivity contribution in [2.45, 2.75) is 46.7 Å². The third-order valence-corrected chi connectivity index (χ3v) is 4.06. The second kappa shape index (κ2) is 7.25. The Labute approximate surface area is 140 Å². The van der Waals surface area contributed by atoms with Gasteiger partial charge in [0.2, 0.25) is 0 Å². The zero-order valence-corrected chi connectivity index (χ0v) is 14.4. The molecule has 2 aromatic rings. The molecule has 0 saturated carbocycles. The molecular weight excluding hydrogens is 308 g/mol. The zero-order valence-electron chi connectivity index (χ0n) is 14.4. The van der Waals surface area contributed by atoms with Crippen LogP contribution in [0.25, 0.3) is 0 Å². The topological polar surface area (TPSA) is 90.1 Å². The minimum atomic E-state index is -0.406. The summed E-state index contributed by atoms with van der Waals surface area (Å²) in [6, 6.07) is 7.33. The van der Waals surface area contributed by atoms with Crippen LogP contribution in [-0.4, -0.2) is 26.7 Å². The molecule has 0 aliphatic carbocycles. The summed E-state index contributed by atoms with van der Waals surface area (Å²) >= 11 is 0. The van der Waals surface area contributed by atoms with Crippen molar-refractivity contribution < 1.29 is 9.72 Å². The maximum Gasteiger partial charge on any atom is 0.312 e. The lowest BCUT2D eigenvalue weighted by molar-refractivity contribution is -0.386. The highest BCUT2D eigenvalue weighted by Gasteiger charge is 2.21. The molecule has 0 bridgehead atoms. The summed E-state index contributed by atoms with van der Waals surface area (Å²) in [5.74, 6) is -0.0994. The van der Waals surface area contributed by atoms with Crippen molar-refractivity contribution in [3.05, 3.63) is 56.9 Å². The summed E-state index contributed by atoms with van der Waals surface area (Å²) in [5, 5.41) is 18.2. The van der Waals surface area contributed by atoms with Crippen LogP contribution in [0.5, 0.6) is 0 Å². The van der Waals surface area contributed by atoms with Gasteiger partial charge in [0.1, 0.15) is 11.4 Å². The van der Waals surface area contributed by atoms with Gasteiger partial charge in [-0.05, 0) is 44.9 Å². The van der Waals surface area contributed by atoms with Crippen molar-refractivity contribution in [1.82, 2.24) is 15.1 Å². The Balaban J connectivity index is 2.14. The molecule has 0 aliphatic heterocycles. The van der Waals surface area contributed by atoms with Crippen LogP contribution in [0.2, 0.25) is 0 Å². The quantitative estimate of drug-likeness (QED) is 0.651. The highest BCUT2D eigenvalue weighted by atomic mass is 16.6. The lowest BCUT2D eigenvalue weighted by Crippen LogP contribution is -2.31. The van der Waals surface area contributed by atoms with Gasteiger partial charge >= 0.3 is 5.69 Å². The summed E-state index contributed by atoms with van der Waals surface area (Å²) < 4.78 is 1.61. The number of rotatable bonds is 6. The molecule has 7 heteroatoms. The second-order valence-electron chi connectivity index (χ2n) is 5.91. The Morgan fingerprint density at radius 1 is 1.33 bits per heavy atom. The van der Waals surface area contributed by atoms with E-state index in [9.17, 15) is 14.9 Å². The third-order valence-electron chi connectivity index (χ3n) is 4.06. The number of carbonyl (C=O) groups excluding carboxylic acids is 1. The number of benzene rings is 1. The highest BCUT2D eigenvalue weighted by Crippen LogP contribution is 2.22. The molecule has 7 nitrogen and oxygen atoms in total. The first-order valence-corrected chi connectivity index (χ1v) is 7.91. The molecular formula is C17H22N4O3. The molecule has 0 spiro atoms. The van der Waals surface area contributed by atoms with Crippen molar-refractivity contribution in [2.75, 3.05) is 0 Å². The molecule has 1 aromatic carbocycles. The van der Waals surface area contributed by atoms with Crippen LogP contribution < -0.4 is 5.32 Å². The van der Waals surface area contributed by atoms with Crippen LogP contribution in [0.1, 0.15) is 47.6 Å². The fourth-order valence-corrected chi connectivity index (χ4v) is 2.45. The van der Waals surface area contributed by atoms with Gasteiger partial charge in [-0.25, -0.2) is 0 Å². The fourth-order valence-electron chi connectivity index (χ4n) is 2.45. The monoisotopic (exact) mass is 330 g/mol. The minimum Gasteiger partial charge on any atom is -0.350 e. The number of nitro groups is 1. The van der Waals surface area contributed by atoms with Crippen molar-refractivity contribution in [1.29, 1.82) is 0 Å². The molecule has 0 fully saturated rings. The lowest BCUT2D eigenvalue weighted by atomic mass is 10.1. The number of aryl methyl sites for hydroxylation is 1. The van der Waals surface area contributed by atoms with Crippen LogP contribution in [0.4, 0.5) is 5.69 Å². The van der Waals surface area contributed by atoms with Crippen LogP contribution >= 0.6 is 0 Å². The summed E-state index contributed by atoms with van der Waals surface area (Å²) in [4.78, 5) is 22.7. The van der Waals surface area contributed by atoms with E-state index < -0.39 is 4.92 Å². The number of nitrogens with one attached hydrogen (secondary N) is 1. The van der Waals surface area contributed by atoms with E-state index in [1.54, 1.807) is 30.7 Å². The molecule has 1 amide bonds. The SMILES string of the molecule is CCC(C)NC(=O)c1ccc(Cn2nc(C)c([N+](=O)[O-])c2C)cc1. The second-order valence-corrected chi connectivity index (χ2v) is 5.91. The summed E-state index contributed by atoms with van der Waals surface area (Å²) in [6.45, 7) is 7.72. The largest absolute Gasteiger partial charge is 0.350 e. The first kappa shape index (κ1) is 17.7. The van der Waals surface area contributed by atoms with E-state index in [1.165, 1.54) is 0 Å². The molecule has 1 atom stereocenters. The van der Waals surface area contributed by atoms with Gasteiger partial charge in [-0.2, -0.15) is 5.10 Å². The van der Waals surface area contributed by atoms with Gasteiger partial charge in [-0.1, -0.05) is 19.1 Å². The van der Waals surface area contributed by atoms with E-state index >= 15 is 0 Å². The predicted molar refractivity (Wildman–Crippen MR) is 91.1 cm³/mol. The first-order chi connectivity index (χ1) is 11.3. The standard InChI is InChI=1S/C17H22N4O3/c1-5-11(2)18-17(22)15-8-6-14(7-9-15)10-20-13(4)16(21(23)24)12(3)19-20/h6-9,11H,5,10H2,1-4H3,(H,18,22). The van der Waals surface area contributed by atoms with Gasteiger partial charge in [-0.15, -0.1) is 0 Å². The molecule has 2 rings (SSSR count). The van der Waals surface area contributed by atoms with Gasteiger partial charge in [0.05, 0.1) is 11.5 Å². The van der Waals surface area contributed by atoms with E-state index in [0.29, 0.717) is 23.5 Å². The van der Waals surface area contributed by atoms with E-state index in [0.717, 1.165) is 12.0 Å². The van der Waals surface area contributed by atoms with Gasteiger partial charge in [0.25, 0.3) is 5.91 Å². The normalized spacial score (nSPS) is 12.0. The van der Waals surface area contributed by atoms with Gasteiger partial charge < -0.3 is 5.32 Å². The average molecular weight is 330 g/mol. The van der Waals surface area contributed by atoms with Gasteiger partial charge in [0, 0.05) is 11.6 Å². The Morgan fingerprint density at radius 2 is 1.96 bits per heavy atom. The van der Waals surface area contributed by atoms with Crippen LogP contribution in [0, 0.1) is 24.0 Å². The molecule has 1 unspecified atom stereocenters. The number of aromatic nitrogens is 2. The number of amides is 1. The number of hydrogen-bond acceptors (Lipinski definition) is 4. The van der Waals surface area contributed by atoms with Crippen molar-refractivity contribution in [3.8, 4) is 0 Å². The Bertz CT molecular complexity index is 750. The zero-order chi connectivity index (χ0) is 17.9. The molecule has 24 heavy (non-hydrogen) atoms. The van der Waals surface area contributed by atoms with E-state index in [4.69, 9.17) is 0 Å². The molecule has 1 aromatic heterocycles. The van der Waals surface area contributed by atoms with Crippen LogP contribution in [0.15, 0.2) is 24.3 Å². The van der Waals surface area contributed by atoms with E-state index in [1.807, 2.05) is 26.0 Å². The molecule has 1 heterocycles. The van der Waals surface area contributed by atoms with Crippen molar-refractivity contribution in [3.63, 3.8) is 0 Å². The smallest absolute Gasteiger partial charge is 0.312 e. The number of carbonyl (C=O) groups is 1. The van der Waals surface area contributed by atoms with Crippen LogP contribution in [-0.2, 0) is 6.54 Å². The molecule has 0 saturated heterocycles. The molecule has 0 radical (unpaired) electrons. The lowest BCUT2D eigenvalue weighted by Gasteiger charge is -2.11. The number of nitrogens with zero attached hydrogens (tertiary/aromatic N) is 3.